The van der Waals surface area contributed by atoms with Gasteiger partial charge in [0.05, 0.1) is 38.7 Å². The highest BCUT2D eigenvalue weighted by molar-refractivity contribution is 6.05. The van der Waals surface area contributed by atoms with Crippen molar-refractivity contribution in [1.82, 2.24) is 14.5 Å². The number of amides is 2. The minimum Gasteiger partial charge on any atom is -0.394 e. The van der Waals surface area contributed by atoms with Crippen LogP contribution < -0.4 is 16.2 Å². The van der Waals surface area contributed by atoms with Crippen molar-refractivity contribution in [2.75, 3.05) is 56.8 Å². The van der Waals surface area contributed by atoms with Crippen LogP contribution in [-0.4, -0.2) is 77.5 Å². The van der Waals surface area contributed by atoms with Crippen LogP contribution in [0, 0.1) is 6.92 Å². The summed E-state index contributed by atoms with van der Waals surface area (Å²) < 4.78 is 12.3. The number of carbonyl (C=O) groups excluding carboxylic acids is 2. The third-order valence-electron chi connectivity index (χ3n) is 8.25. The second-order valence-electron chi connectivity index (χ2n) is 12.2. The summed E-state index contributed by atoms with van der Waals surface area (Å²) in [5, 5.41) is 15.1. The number of nitrogens with zero attached hydrogens (tertiary/aromatic N) is 3. The van der Waals surface area contributed by atoms with Crippen LogP contribution in [0.1, 0.15) is 45.7 Å². The second kappa shape index (κ2) is 14.7. The van der Waals surface area contributed by atoms with Gasteiger partial charge in [-0.2, -0.15) is 0 Å². The van der Waals surface area contributed by atoms with Gasteiger partial charge in [-0.25, -0.2) is 4.98 Å². The lowest BCUT2D eigenvalue weighted by molar-refractivity contribution is 0.0303. The van der Waals surface area contributed by atoms with Crippen LogP contribution in [-0.2, 0) is 21.9 Å². The van der Waals surface area contributed by atoms with E-state index < -0.39 is 0 Å². The molecule has 1 fully saturated rings. The Morgan fingerprint density at radius 2 is 1.68 bits per heavy atom. The van der Waals surface area contributed by atoms with Crippen molar-refractivity contribution in [3.05, 3.63) is 106 Å². The Morgan fingerprint density at radius 3 is 2.36 bits per heavy atom. The van der Waals surface area contributed by atoms with Crippen LogP contribution in [0.25, 0.3) is 11.3 Å². The number of hydrogen-bond acceptors (Lipinski definition) is 8. The fraction of sp³-hybridized carbons (Fsp3) is 0.333. The SMILES string of the molecule is Cc1c(NC(=O)c2ccc(C(C)(C)COCCO)cc2)cccc1-c1cn(C)c(=O)c(Nc2ccc(C(=O)N3CCOCC3)cc2)n1. The predicted octanol–water partition coefficient (Wildman–Crippen LogP) is 4.51. The van der Waals surface area contributed by atoms with Crippen molar-refractivity contribution >= 4 is 29.0 Å². The van der Waals surface area contributed by atoms with E-state index in [-0.39, 0.29) is 41.8 Å². The largest absolute Gasteiger partial charge is 0.394 e. The maximum atomic E-state index is 13.2. The molecule has 4 aromatic rings. The highest BCUT2D eigenvalue weighted by atomic mass is 16.5. The van der Waals surface area contributed by atoms with E-state index >= 15 is 0 Å². The van der Waals surface area contributed by atoms with Gasteiger partial charge in [0.25, 0.3) is 17.4 Å². The lowest BCUT2D eigenvalue weighted by atomic mass is 9.85. The molecule has 0 unspecified atom stereocenters. The lowest BCUT2D eigenvalue weighted by Gasteiger charge is -2.26. The van der Waals surface area contributed by atoms with Gasteiger partial charge >= 0.3 is 0 Å². The number of aryl methyl sites for hydroxylation is 1. The maximum absolute atomic E-state index is 13.2. The fourth-order valence-electron chi connectivity index (χ4n) is 5.39. The standard InChI is InChI=1S/C36H41N5O6/c1-24-29(6-5-7-30(24)39-33(43)25-8-12-27(13-9-25)36(2,3)23-47-21-18-42)31-22-40(4)35(45)32(38-31)37-28-14-10-26(11-15-28)34(44)41-16-19-46-20-17-41/h5-15,22,42H,16-21,23H2,1-4H3,(H,37,38)(H,39,43). The molecular weight excluding hydrogens is 598 g/mol. The molecule has 0 spiro atoms. The molecule has 0 aliphatic carbocycles. The van der Waals surface area contributed by atoms with Gasteiger partial charge in [0.1, 0.15) is 0 Å². The minimum atomic E-state index is -0.309. The summed E-state index contributed by atoms with van der Waals surface area (Å²) in [6.07, 6.45) is 1.66. The summed E-state index contributed by atoms with van der Waals surface area (Å²) in [7, 11) is 1.66. The fourth-order valence-corrected chi connectivity index (χ4v) is 5.39. The van der Waals surface area contributed by atoms with Gasteiger partial charge in [-0.3, -0.25) is 14.4 Å². The maximum Gasteiger partial charge on any atom is 0.293 e. The van der Waals surface area contributed by atoms with Gasteiger partial charge in [-0.15, -0.1) is 0 Å². The second-order valence-corrected chi connectivity index (χ2v) is 12.2. The van der Waals surface area contributed by atoms with Gasteiger partial charge in [-0.05, 0) is 60.5 Å². The van der Waals surface area contributed by atoms with Crippen LogP contribution in [0.5, 0.6) is 0 Å². The molecule has 0 bridgehead atoms. The molecule has 246 valence electrons. The number of morpholine rings is 1. The molecule has 2 heterocycles. The van der Waals surface area contributed by atoms with Crippen molar-refractivity contribution < 1.29 is 24.2 Å². The van der Waals surface area contributed by atoms with E-state index in [2.05, 4.69) is 15.6 Å². The van der Waals surface area contributed by atoms with Crippen LogP contribution in [0.3, 0.4) is 0 Å². The lowest BCUT2D eigenvalue weighted by Crippen LogP contribution is -2.40. The van der Waals surface area contributed by atoms with Gasteiger partial charge in [-0.1, -0.05) is 38.1 Å². The van der Waals surface area contributed by atoms with Crippen LogP contribution in [0.4, 0.5) is 17.2 Å². The summed E-state index contributed by atoms with van der Waals surface area (Å²) in [6.45, 7) is 8.88. The Hall–Kier alpha value is -4.84. The van der Waals surface area contributed by atoms with E-state index in [1.54, 1.807) is 54.5 Å². The van der Waals surface area contributed by atoms with Crippen molar-refractivity contribution in [2.45, 2.75) is 26.2 Å². The summed E-state index contributed by atoms with van der Waals surface area (Å²) in [5.74, 6) is -0.173. The molecule has 11 heteroatoms. The molecule has 2 amide bonds. The first-order chi connectivity index (χ1) is 22.6. The molecule has 1 aromatic heterocycles. The monoisotopic (exact) mass is 639 g/mol. The third kappa shape index (κ3) is 7.94. The first-order valence-corrected chi connectivity index (χ1v) is 15.6. The number of carbonyl (C=O) groups is 2. The number of aliphatic hydroxyl groups is 1. The molecule has 0 saturated carbocycles. The van der Waals surface area contributed by atoms with Gasteiger partial charge in [0, 0.05) is 59.8 Å². The van der Waals surface area contributed by atoms with Gasteiger partial charge < -0.3 is 34.7 Å². The van der Waals surface area contributed by atoms with Crippen LogP contribution >= 0.6 is 0 Å². The Labute approximate surface area is 274 Å². The zero-order valence-corrected chi connectivity index (χ0v) is 27.2. The first-order valence-electron chi connectivity index (χ1n) is 15.6. The number of nitrogens with one attached hydrogen (secondary N) is 2. The van der Waals surface area contributed by atoms with Crippen molar-refractivity contribution in [1.29, 1.82) is 0 Å². The Kier molecular flexibility index (Phi) is 10.5. The molecule has 47 heavy (non-hydrogen) atoms. The highest BCUT2D eigenvalue weighted by Gasteiger charge is 2.22. The number of aromatic nitrogens is 2. The molecule has 0 atom stereocenters. The van der Waals surface area contributed by atoms with E-state index in [1.807, 2.05) is 51.1 Å². The van der Waals surface area contributed by atoms with Gasteiger partial charge in [0.15, 0.2) is 5.82 Å². The number of benzene rings is 3. The summed E-state index contributed by atoms with van der Waals surface area (Å²) in [5.41, 5.74) is 4.85. The van der Waals surface area contributed by atoms with Crippen LogP contribution in [0.15, 0.2) is 77.7 Å². The quantitative estimate of drug-likeness (QED) is 0.204. The molecule has 0 radical (unpaired) electrons. The van der Waals surface area contributed by atoms with E-state index in [9.17, 15) is 14.4 Å². The van der Waals surface area contributed by atoms with E-state index in [0.717, 1.165) is 16.7 Å². The molecule has 11 nitrogen and oxygen atoms in total. The Morgan fingerprint density at radius 1 is 1.00 bits per heavy atom. The number of rotatable bonds is 11. The Bertz CT molecular complexity index is 1780. The zero-order valence-electron chi connectivity index (χ0n) is 27.2. The minimum absolute atomic E-state index is 0.0267. The zero-order chi connectivity index (χ0) is 33.6. The molecule has 1 aliphatic heterocycles. The predicted molar refractivity (Wildman–Crippen MR) is 181 cm³/mol. The van der Waals surface area contributed by atoms with Gasteiger partial charge in [0.2, 0.25) is 0 Å². The molecule has 5 rings (SSSR count). The Balaban J connectivity index is 1.31. The number of hydrogen-bond donors (Lipinski definition) is 3. The number of anilines is 3. The van der Waals surface area contributed by atoms with E-state index in [4.69, 9.17) is 14.6 Å². The van der Waals surface area contributed by atoms with Crippen molar-refractivity contribution in [3.8, 4) is 11.3 Å². The topological polar surface area (TPSA) is 135 Å². The summed E-state index contributed by atoms with van der Waals surface area (Å²) >= 11 is 0. The third-order valence-corrected chi connectivity index (χ3v) is 8.25. The molecule has 3 N–H and O–H groups in total. The molecule has 1 aliphatic rings. The molecule has 3 aromatic carbocycles. The van der Waals surface area contributed by atoms with Crippen molar-refractivity contribution in [2.24, 2.45) is 7.05 Å². The first kappa shape index (κ1) is 33.5. The van der Waals surface area contributed by atoms with Crippen molar-refractivity contribution in [3.63, 3.8) is 0 Å². The number of aliphatic hydroxyl groups excluding tert-OH is 1. The normalized spacial score (nSPS) is 13.3. The summed E-state index contributed by atoms with van der Waals surface area (Å²) in [4.78, 5) is 45.5. The van der Waals surface area contributed by atoms with E-state index in [1.165, 1.54) is 4.57 Å². The smallest absolute Gasteiger partial charge is 0.293 e. The van der Waals surface area contributed by atoms with Crippen LogP contribution in [0.2, 0.25) is 0 Å². The molecule has 1 saturated heterocycles. The van der Waals surface area contributed by atoms with E-state index in [0.29, 0.717) is 61.1 Å². The average molecular weight is 640 g/mol. The highest BCUT2D eigenvalue weighted by Crippen LogP contribution is 2.29. The molecular formula is C36H41N5O6. The summed E-state index contributed by atoms with van der Waals surface area (Å²) in [6, 6.07) is 19.9. The average Bonchev–Trinajstić information content (AvgIpc) is 3.08. The number of ether oxygens (including phenoxy) is 2.